The van der Waals surface area contributed by atoms with Gasteiger partial charge < -0.3 is 19.5 Å². The second-order valence-corrected chi connectivity index (χ2v) is 7.45. The van der Waals surface area contributed by atoms with Gasteiger partial charge in [-0.25, -0.2) is 9.37 Å². The van der Waals surface area contributed by atoms with Crippen LogP contribution in [0.4, 0.5) is 23.2 Å². The molecule has 2 aromatic heterocycles. The lowest BCUT2D eigenvalue weighted by molar-refractivity contribution is -0.274. The number of hydrogen-bond donors (Lipinski definition) is 1. The third-order valence-electron chi connectivity index (χ3n) is 4.29. The Morgan fingerprint density at radius 2 is 1.79 bits per heavy atom. The second kappa shape index (κ2) is 9.61. The van der Waals surface area contributed by atoms with Crippen molar-refractivity contribution in [3.63, 3.8) is 0 Å². The first-order chi connectivity index (χ1) is 15.5. The molecule has 0 aliphatic rings. The van der Waals surface area contributed by atoms with E-state index in [1.807, 2.05) is 0 Å². The number of anilines is 1. The number of alkyl halides is 3. The molecule has 0 aliphatic heterocycles. The van der Waals surface area contributed by atoms with Crippen molar-refractivity contribution in [3.8, 4) is 23.0 Å². The van der Waals surface area contributed by atoms with Crippen LogP contribution in [0.1, 0.15) is 21.6 Å². The van der Waals surface area contributed by atoms with Crippen LogP contribution in [0.15, 0.2) is 41.3 Å². The highest BCUT2D eigenvalue weighted by atomic mass is 79.9. The van der Waals surface area contributed by atoms with Gasteiger partial charge in [-0.2, -0.15) is 0 Å². The number of aromatic nitrogens is 2. The molecule has 0 fully saturated rings. The van der Waals surface area contributed by atoms with Gasteiger partial charge in [0, 0.05) is 18.0 Å². The number of methoxy groups -OCH3 is 1. The van der Waals surface area contributed by atoms with Crippen LogP contribution in [0.2, 0.25) is 0 Å². The third-order valence-corrected chi connectivity index (χ3v) is 4.73. The van der Waals surface area contributed by atoms with Gasteiger partial charge in [0.25, 0.3) is 5.91 Å². The van der Waals surface area contributed by atoms with E-state index < -0.39 is 29.4 Å². The van der Waals surface area contributed by atoms with E-state index >= 15 is 0 Å². The predicted octanol–water partition coefficient (Wildman–Crippen LogP) is 5.95. The van der Waals surface area contributed by atoms with E-state index in [0.717, 1.165) is 24.4 Å². The molecular formula is C21H16BrF4N3O4. The van der Waals surface area contributed by atoms with Crippen LogP contribution in [-0.2, 0) is 0 Å². The number of ether oxygens (including phenoxy) is 3. The van der Waals surface area contributed by atoms with Crippen molar-refractivity contribution in [2.24, 2.45) is 0 Å². The molecule has 0 aliphatic carbocycles. The molecule has 1 N–H and O–H groups in total. The normalized spacial score (nSPS) is 11.2. The zero-order valence-electron chi connectivity index (χ0n) is 17.4. The minimum Gasteiger partial charge on any atom is -0.493 e. The molecule has 7 nitrogen and oxygen atoms in total. The zero-order chi connectivity index (χ0) is 24.3. The van der Waals surface area contributed by atoms with Gasteiger partial charge in [-0.1, -0.05) is 0 Å². The van der Waals surface area contributed by atoms with Crippen molar-refractivity contribution in [3.05, 3.63) is 63.9 Å². The van der Waals surface area contributed by atoms with Crippen LogP contribution < -0.4 is 19.5 Å². The summed E-state index contributed by atoms with van der Waals surface area (Å²) in [7, 11) is 1.20. The molecule has 0 spiro atoms. The Kier molecular flexibility index (Phi) is 7.06. The van der Waals surface area contributed by atoms with Crippen LogP contribution in [0.25, 0.3) is 0 Å². The Balaban J connectivity index is 1.97. The molecule has 0 bridgehead atoms. The van der Waals surface area contributed by atoms with Crippen molar-refractivity contribution >= 4 is 27.5 Å². The Hall–Kier alpha value is -3.41. The van der Waals surface area contributed by atoms with Crippen molar-refractivity contribution < 1.29 is 36.6 Å². The molecule has 3 rings (SSSR count). The molecule has 0 unspecified atom stereocenters. The number of carbonyl (C=O) groups excluding carboxylic acids is 1. The lowest BCUT2D eigenvalue weighted by atomic mass is 10.1. The lowest BCUT2D eigenvalue weighted by Crippen LogP contribution is -2.17. The monoisotopic (exact) mass is 529 g/mol. The Bertz CT molecular complexity index is 1200. The summed E-state index contributed by atoms with van der Waals surface area (Å²) < 4.78 is 67.4. The smallest absolute Gasteiger partial charge is 0.493 e. The fraction of sp³-hybridized carbons (Fsp3) is 0.190. The fourth-order valence-corrected chi connectivity index (χ4v) is 3.05. The van der Waals surface area contributed by atoms with Crippen LogP contribution in [-0.4, -0.2) is 29.3 Å². The van der Waals surface area contributed by atoms with E-state index in [9.17, 15) is 22.4 Å². The molecule has 174 valence electrons. The van der Waals surface area contributed by atoms with Gasteiger partial charge in [-0.05, 0) is 53.5 Å². The average Bonchev–Trinajstić information content (AvgIpc) is 2.73. The van der Waals surface area contributed by atoms with Gasteiger partial charge in [0.05, 0.1) is 19.0 Å². The van der Waals surface area contributed by atoms with Crippen molar-refractivity contribution in [1.82, 2.24) is 9.97 Å². The number of hydrogen-bond acceptors (Lipinski definition) is 6. The molecule has 0 radical (unpaired) electrons. The maximum atomic E-state index is 14.9. The fourth-order valence-electron chi connectivity index (χ4n) is 2.72. The molecule has 1 aromatic carbocycles. The molecule has 3 aromatic rings. The summed E-state index contributed by atoms with van der Waals surface area (Å²) in [6.07, 6.45) is -2.26. The Morgan fingerprint density at radius 3 is 2.45 bits per heavy atom. The first-order valence-electron chi connectivity index (χ1n) is 9.18. The number of benzene rings is 1. The molecule has 2 heterocycles. The molecule has 0 saturated carbocycles. The number of nitrogens with zero attached hydrogens (tertiary/aromatic N) is 2. The molecule has 0 saturated heterocycles. The standard InChI is InChI=1S/C21H16BrF4N3O4/c1-10-8-28-17(22)7-13(10)29-20(30)18-16(9-27-11(2)19(18)23)32-14-5-4-12(6-15(14)31-3)33-21(24,25)26/h4-9H,1-3H3,(H,28,29,30). The van der Waals surface area contributed by atoms with Gasteiger partial charge in [0.1, 0.15) is 15.9 Å². The SMILES string of the molecule is COc1cc(OC(F)(F)F)ccc1Oc1cnc(C)c(F)c1C(=O)Nc1cc(Br)ncc1C. The summed E-state index contributed by atoms with van der Waals surface area (Å²) in [5.41, 5.74) is 0.503. The molecule has 0 atom stereocenters. The van der Waals surface area contributed by atoms with Crippen LogP contribution in [0.5, 0.6) is 23.0 Å². The van der Waals surface area contributed by atoms with E-state index in [2.05, 4.69) is 36.0 Å². The first kappa shape index (κ1) is 24.2. The highest BCUT2D eigenvalue weighted by molar-refractivity contribution is 9.10. The number of aryl methyl sites for hydroxylation is 2. The lowest BCUT2D eigenvalue weighted by Gasteiger charge is -2.16. The quantitative estimate of drug-likeness (QED) is 0.314. The second-order valence-electron chi connectivity index (χ2n) is 6.64. The third kappa shape index (κ3) is 5.89. The number of amides is 1. The number of nitrogens with one attached hydrogen (secondary N) is 1. The van der Waals surface area contributed by atoms with Crippen molar-refractivity contribution in [2.75, 3.05) is 12.4 Å². The average molecular weight is 530 g/mol. The summed E-state index contributed by atoms with van der Waals surface area (Å²) in [5.74, 6) is -2.80. The molecule has 1 amide bonds. The minimum atomic E-state index is -4.90. The van der Waals surface area contributed by atoms with Gasteiger partial charge in [-0.15, -0.1) is 13.2 Å². The predicted molar refractivity (Wildman–Crippen MR) is 113 cm³/mol. The van der Waals surface area contributed by atoms with Crippen LogP contribution >= 0.6 is 15.9 Å². The maximum absolute atomic E-state index is 14.9. The highest BCUT2D eigenvalue weighted by Crippen LogP contribution is 2.38. The van der Waals surface area contributed by atoms with Gasteiger partial charge in [0.2, 0.25) is 0 Å². The van der Waals surface area contributed by atoms with Gasteiger partial charge in [-0.3, -0.25) is 9.78 Å². The number of pyridine rings is 2. The van der Waals surface area contributed by atoms with Crippen molar-refractivity contribution in [2.45, 2.75) is 20.2 Å². The Labute approximate surface area is 193 Å². The summed E-state index contributed by atoms with van der Waals surface area (Å²) >= 11 is 3.20. The van der Waals surface area contributed by atoms with E-state index in [0.29, 0.717) is 15.9 Å². The highest BCUT2D eigenvalue weighted by Gasteiger charge is 2.31. The number of rotatable bonds is 6. The molecule has 33 heavy (non-hydrogen) atoms. The van der Waals surface area contributed by atoms with Crippen molar-refractivity contribution in [1.29, 1.82) is 0 Å². The van der Waals surface area contributed by atoms with E-state index in [1.165, 1.54) is 20.2 Å². The first-order valence-corrected chi connectivity index (χ1v) is 9.98. The topological polar surface area (TPSA) is 82.6 Å². The zero-order valence-corrected chi connectivity index (χ0v) is 19.0. The summed E-state index contributed by atoms with van der Waals surface area (Å²) in [4.78, 5) is 20.9. The largest absolute Gasteiger partial charge is 0.573 e. The molecular weight excluding hydrogens is 514 g/mol. The Morgan fingerprint density at radius 1 is 1.06 bits per heavy atom. The van der Waals surface area contributed by atoms with Gasteiger partial charge >= 0.3 is 6.36 Å². The van der Waals surface area contributed by atoms with E-state index in [4.69, 9.17) is 9.47 Å². The van der Waals surface area contributed by atoms with E-state index in [1.54, 1.807) is 13.0 Å². The summed E-state index contributed by atoms with van der Waals surface area (Å²) in [5, 5.41) is 2.59. The number of halogens is 5. The minimum absolute atomic E-state index is 0.0546. The molecule has 12 heteroatoms. The van der Waals surface area contributed by atoms with Gasteiger partial charge in [0.15, 0.2) is 23.1 Å². The van der Waals surface area contributed by atoms with Crippen LogP contribution in [0.3, 0.4) is 0 Å². The summed E-state index contributed by atoms with van der Waals surface area (Å²) in [6, 6.07) is 4.60. The maximum Gasteiger partial charge on any atom is 0.573 e. The van der Waals surface area contributed by atoms with Crippen LogP contribution in [0, 0.1) is 19.7 Å². The summed E-state index contributed by atoms with van der Waals surface area (Å²) in [6.45, 7) is 3.07. The number of carbonyl (C=O) groups is 1. The van der Waals surface area contributed by atoms with E-state index in [-0.39, 0.29) is 22.9 Å².